The lowest BCUT2D eigenvalue weighted by molar-refractivity contribution is -0.120. The van der Waals surface area contributed by atoms with E-state index in [1.165, 1.54) is 12.5 Å². The second-order valence-electron chi connectivity index (χ2n) is 9.88. The SMILES string of the molecule is O=C(Nc1cncc(-c2cc3c(-c4cc5c(-c6ccc(F)s6)ccnc5[nH]4)n[nH]c3cn2)c1)C1CCCCC1. The van der Waals surface area contributed by atoms with Crippen molar-refractivity contribution in [2.45, 2.75) is 32.1 Å². The van der Waals surface area contributed by atoms with Crippen LogP contribution in [0.2, 0.25) is 0 Å². The number of nitrogens with one attached hydrogen (secondary N) is 3. The summed E-state index contributed by atoms with van der Waals surface area (Å²) in [6.45, 7) is 0. The number of fused-ring (bicyclic) bond motifs is 2. The Balaban J connectivity index is 1.22. The molecular formula is C29H24FN7OS. The van der Waals surface area contributed by atoms with Crippen LogP contribution in [0, 0.1) is 11.0 Å². The number of H-pyrrole nitrogens is 2. The average molecular weight is 538 g/mol. The number of amides is 1. The summed E-state index contributed by atoms with van der Waals surface area (Å²) in [5.41, 5.74) is 6.10. The fraction of sp³-hybridized carbons (Fsp3) is 0.207. The number of hydrogen-bond donors (Lipinski definition) is 3. The molecule has 194 valence electrons. The summed E-state index contributed by atoms with van der Waals surface area (Å²) >= 11 is 1.11. The lowest BCUT2D eigenvalue weighted by atomic mass is 9.88. The molecule has 1 fully saturated rings. The van der Waals surface area contributed by atoms with Crippen molar-refractivity contribution in [2.24, 2.45) is 5.92 Å². The zero-order valence-electron chi connectivity index (χ0n) is 20.9. The lowest BCUT2D eigenvalue weighted by Crippen LogP contribution is -2.24. The Kier molecular flexibility index (Phi) is 5.89. The first-order valence-corrected chi connectivity index (χ1v) is 13.8. The molecule has 7 rings (SSSR count). The fourth-order valence-electron chi connectivity index (χ4n) is 5.37. The zero-order valence-corrected chi connectivity index (χ0v) is 21.7. The molecule has 1 aliphatic rings. The van der Waals surface area contributed by atoms with Crippen LogP contribution in [0.25, 0.3) is 55.0 Å². The van der Waals surface area contributed by atoms with E-state index in [4.69, 9.17) is 0 Å². The molecular weight excluding hydrogens is 513 g/mol. The molecule has 8 nitrogen and oxygen atoms in total. The number of hydrogen-bond acceptors (Lipinski definition) is 6. The van der Waals surface area contributed by atoms with E-state index in [0.29, 0.717) is 11.3 Å². The number of pyridine rings is 3. The van der Waals surface area contributed by atoms with Crippen LogP contribution in [-0.2, 0) is 4.79 Å². The Morgan fingerprint density at radius 3 is 2.74 bits per heavy atom. The van der Waals surface area contributed by atoms with E-state index in [9.17, 15) is 9.18 Å². The van der Waals surface area contributed by atoms with Gasteiger partial charge in [-0.2, -0.15) is 9.49 Å². The third-order valence-corrected chi connectivity index (χ3v) is 8.26. The zero-order chi connectivity index (χ0) is 26.3. The van der Waals surface area contributed by atoms with Gasteiger partial charge in [0.2, 0.25) is 5.91 Å². The largest absolute Gasteiger partial charge is 0.338 e. The van der Waals surface area contributed by atoms with Gasteiger partial charge in [0.15, 0.2) is 5.13 Å². The molecule has 0 unspecified atom stereocenters. The first-order chi connectivity index (χ1) is 19.1. The molecule has 1 amide bonds. The maximum absolute atomic E-state index is 13.7. The van der Waals surface area contributed by atoms with Crippen LogP contribution in [0.15, 0.2) is 61.2 Å². The van der Waals surface area contributed by atoms with Crippen molar-refractivity contribution in [1.82, 2.24) is 30.1 Å². The van der Waals surface area contributed by atoms with Crippen LogP contribution >= 0.6 is 11.3 Å². The van der Waals surface area contributed by atoms with Crippen molar-refractivity contribution in [3.63, 3.8) is 0 Å². The molecule has 0 spiro atoms. The molecule has 3 N–H and O–H groups in total. The van der Waals surface area contributed by atoms with E-state index in [1.54, 1.807) is 30.9 Å². The van der Waals surface area contributed by atoms with Crippen LogP contribution in [0.1, 0.15) is 32.1 Å². The normalized spacial score (nSPS) is 14.3. The monoisotopic (exact) mass is 537 g/mol. The minimum atomic E-state index is -0.226. The summed E-state index contributed by atoms with van der Waals surface area (Å²) in [5, 5.41) is 12.2. The molecule has 6 aromatic heterocycles. The first kappa shape index (κ1) is 23.7. The highest BCUT2D eigenvalue weighted by atomic mass is 32.1. The van der Waals surface area contributed by atoms with Gasteiger partial charge in [0.1, 0.15) is 11.3 Å². The standard InChI is InChI=1S/C29H24FN7OS/c30-26-7-6-25(39-26)19-8-9-32-28-20(19)11-23(35-28)27-21-12-22(33-15-24(21)36-37-27)17-10-18(14-31-13-17)34-29(38)16-4-2-1-3-5-16/h6-16H,1-5H2,(H,32,35)(H,34,38)(H,36,37). The molecule has 0 radical (unpaired) electrons. The summed E-state index contributed by atoms with van der Waals surface area (Å²) in [5.74, 6) is 0.127. The number of halogens is 1. The molecule has 0 bridgehead atoms. The van der Waals surface area contributed by atoms with Gasteiger partial charge in [-0.05, 0) is 49.2 Å². The number of carbonyl (C=O) groups excluding carboxylic acids is 1. The molecule has 6 heterocycles. The molecule has 39 heavy (non-hydrogen) atoms. The van der Waals surface area contributed by atoms with Crippen LogP contribution in [0.3, 0.4) is 0 Å². The van der Waals surface area contributed by atoms with E-state index in [0.717, 1.165) is 86.4 Å². The van der Waals surface area contributed by atoms with Crippen molar-refractivity contribution < 1.29 is 9.18 Å². The summed E-state index contributed by atoms with van der Waals surface area (Å²) in [6.07, 6.45) is 12.2. The number of nitrogens with zero attached hydrogens (tertiary/aromatic N) is 4. The molecule has 0 atom stereocenters. The van der Waals surface area contributed by atoms with Crippen LogP contribution < -0.4 is 5.32 Å². The number of aromatic nitrogens is 6. The quantitative estimate of drug-likeness (QED) is 0.220. The Hall–Kier alpha value is -4.44. The van der Waals surface area contributed by atoms with E-state index in [2.05, 4.69) is 35.5 Å². The molecule has 0 aliphatic heterocycles. The number of anilines is 1. The summed E-state index contributed by atoms with van der Waals surface area (Å²) in [6, 6.07) is 11.0. The summed E-state index contributed by atoms with van der Waals surface area (Å²) in [4.78, 5) is 30.4. The van der Waals surface area contributed by atoms with Gasteiger partial charge in [-0.1, -0.05) is 19.3 Å². The number of carbonyl (C=O) groups is 1. The van der Waals surface area contributed by atoms with Gasteiger partial charge >= 0.3 is 0 Å². The van der Waals surface area contributed by atoms with Gasteiger partial charge in [0.25, 0.3) is 0 Å². The number of rotatable bonds is 5. The highest BCUT2D eigenvalue weighted by Gasteiger charge is 2.21. The minimum absolute atomic E-state index is 0.0614. The predicted molar refractivity (Wildman–Crippen MR) is 151 cm³/mol. The summed E-state index contributed by atoms with van der Waals surface area (Å²) < 4.78 is 13.7. The first-order valence-electron chi connectivity index (χ1n) is 13.0. The maximum atomic E-state index is 13.7. The van der Waals surface area contributed by atoms with E-state index < -0.39 is 0 Å². The van der Waals surface area contributed by atoms with Gasteiger partial charge in [0.05, 0.1) is 35.0 Å². The topological polar surface area (TPSA) is 112 Å². The van der Waals surface area contributed by atoms with Crippen molar-refractivity contribution in [1.29, 1.82) is 0 Å². The molecule has 0 saturated heterocycles. The third-order valence-electron chi connectivity index (χ3n) is 7.35. The number of thiophene rings is 1. The van der Waals surface area contributed by atoms with Gasteiger partial charge < -0.3 is 10.3 Å². The minimum Gasteiger partial charge on any atom is -0.338 e. The van der Waals surface area contributed by atoms with Gasteiger partial charge in [0, 0.05) is 45.1 Å². The Morgan fingerprint density at radius 1 is 1.00 bits per heavy atom. The lowest BCUT2D eigenvalue weighted by Gasteiger charge is -2.20. The second kappa shape index (κ2) is 9.70. The van der Waals surface area contributed by atoms with Crippen LogP contribution in [0.4, 0.5) is 10.1 Å². The van der Waals surface area contributed by atoms with Gasteiger partial charge in [-0.25, -0.2) is 4.98 Å². The Labute approximate surface area is 226 Å². The van der Waals surface area contributed by atoms with E-state index in [-0.39, 0.29) is 17.0 Å². The second-order valence-corrected chi connectivity index (χ2v) is 10.9. The van der Waals surface area contributed by atoms with Crippen LogP contribution in [-0.4, -0.2) is 36.0 Å². The van der Waals surface area contributed by atoms with Crippen molar-refractivity contribution in [2.75, 3.05) is 5.32 Å². The smallest absolute Gasteiger partial charge is 0.227 e. The van der Waals surface area contributed by atoms with Gasteiger partial charge in [-0.15, -0.1) is 11.3 Å². The van der Waals surface area contributed by atoms with Crippen molar-refractivity contribution >= 4 is 44.9 Å². The van der Waals surface area contributed by atoms with E-state index >= 15 is 0 Å². The summed E-state index contributed by atoms with van der Waals surface area (Å²) in [7, 11) is 0. The predicted octanol–water partition coefficient (Wildman–Crippen LogP) is 6.95. The highest BCUT2D eigenvalue weighted by Crippen LogP contribution is 2.36. The molecule has 10 heteroatoms. The molecule has 0 aromatic carbocycles. The highest BCUT2D eigenvalue weighted by molar-refractivity contribution is 7.14. The third kappa shape index (κ3) is 4.46. The van der Waals surface area contributed by atoms with E-state index in [1.807, 2.05) is 24.3 Å². The van der Waals surface area contributed by atoms with Crippen molar-refractivity contribution in [3.05, 3.63) is 66.3 Å². The molecule has 1 aliphatic carbocycles. The maximum Gasteiger partial charge on any atom is 0.227 e. The van der Waals surface area contributed by atoms with Gasteiger partial charge in [-0.3, -0.25) is 19.9 Å². The average Bonchev–Trinajstić information content (AvgIpc) is 3.71. The van der Waals surface area contributed by atoms with Crippen LogP contribution in [0.5, 0.6) is 0 Å². The Bertz CT molecular complexity index is 1830. The molecule has 1 saturated carbocycles. The van der Waals surface area contributed by atoms with Crippen molar-refractivity contribution in [3.8, 4) is 33.1 Å². The molecule has 6 aromatic rings. The fourth-order valence-corrected chi connectivity index (χ4v) is 6.14. The Morgan fingerprint density at radius 2 is 1.90 bits per heavy atom. The number of aromatic amines is 2.